The van der Waals surface area contributed by atoms with Crippen LogP contribution < -0.4 is 10.6 Å². The van der Waals surface area contributed by atoms with E-state index in [-0.39, 0.29) is 5.91 Å². The minimum absolute atomic E-state index is 0.0247. The monoisotopic (exact) mass is 274 g/mol. The summed E-state index contributed by atoms with van der Waals surface area (Å²) in [6, 6.07) is 11.7. The molecule has 1 aromatic carbocycles. The fourth-order valence-corrected chi connectivity index (χ4v) is 2.42. The highest BCUT2D eigenvalue weighted by atomic mass is 32.1. The maximum absolute atomic E-state index is 11.8. The number of amides is 1. The van der Waals surface area contributed by atoms with Crippen LogP contribution in [0.3, 0.4) is 0 Å². The van der Waals surface area contributed by atoms with Crippen LogP contribution in [-0.4, -0.2) is 12.5 Å². The quantitative estimate of drug-likeness (QED) is 0.842. The van der Waals surface area contributed by atoms with E-state index in [0.29, 0.717) is 6.42 Å². The van der Waals surface area contributed by atoms with Gasteiger partial charge in [-0.15, -0.1) is 11.3 Å². The highest BCUT2D eigenvalue weighted by Gasteiger charge is 2.04. The van der Waals surface area contributed by atoms with Crippen LogP contribution in [0.1, 0.15) is 18.2 Å². The molecule has 0 aliphatic carbocycles. The van der Waals surface area contributed by atoms with Gasteiger partial charge in [0.25, 0.3) is 0 Å². The molecule has 0 aliphatic heterocycles. The summed E-state index contributed by atoms with van der Waals surface area (Å²) in [7, 11) is 0. The maximum atomic E-state index is 11.8. The van der Waals surface area contributed by atoms with E-state index in [9.17, 15) is 4.79 Å². The van der Waals surface area contributed by atoms with Gasteiger partial charge >= 0.3 is 0 Å². The molecule has 0 bridgehead atoms. The fourth-order valence-electron chi connectivity index (χ4n) is 1.72. The van der Waals surface area contributed by atoms with Gasteiger partial charge in [-0.3, -0.25) is 4.79 Å². The molecule has 1 heterocycles. The van der Waals surface area contributed by atoms with Gasteiger partial charge in [0.2, 0.25) is 5.91 Å². The molecule has 100 valence electrons. The van der Waals surface area contributed by atoms with E-state index < -0.39 is 0 Å². The number of rotatable bonds is 6. The first-order valence-electron chi connectivity index (χ1n) is 6.44. The van der Waals surface area contributed by atoms with Crippen LogP contribution in [0.15, 0.2) is 41.8 Å². The Morgan fingerprint density at radius 1 is 1.16 bits per heavy atom. The second-order valence-electron chi connectivity index (χ2n) is 4.31. The van der Waals surface area contributed by atoms with Crippen molar-refractivity contribution in [3.05, 3.63) is 46.7 Å². The molecule has 2 N–H and O–H groups in total. The molecule has 4 heteroatoms. The first-order valence-corrected chi connectivity index (χ1v) is 7.32. The zero-order chi connectivity index (χ0) is 13.5. The fraction of sp³-hybridized carbons (Fsp3) is 0.267. The van der Waals surface area contributed by atoms with Gasteiger partial charge in [-0.05, 0) is 42.1 Å². The highest BCUT2D eigenvalue weighted by Crippen LogP contribution is 2.15. The summed E-state index contributed by atoms with van der Waals surface area (Å²) in [4.78, 5) is 12.9. The van der Waals surface area contributed by atoms with Gasteiger partial charge in [0.15, 0.2) is 0 Å². The predicted octanol–water partition coefficient (Wildman–Crippen LogP) is 3.75. The SMILES string of the molecule is CCCNc1ccc(NC(=O)Cc2cccs2)cc1. The van der Waals surface area contributed by atoms with Crippen LogP contribution in [-0.2, 0) is 11.2 Å². The van der Waals surface area contributed by atoms with Gasteiger partial charge in [-0.1, -0.05) is 13.0 Å². The van der Waals surface area contributed by atoms with Crippen molar-refractivity contribution >= 4 is 28.6 Å². The zero-order valence-electron chi connectivity index (χ0n) is 11.0. The van der Waals surface area contributed by atoms with Crippen molar-refractivity contribution in [2.75, 3.05) is 17.2 Å². The van der Waals surface area contributed by atoms with Crippen LogP contribution in [0, 0.1) is 0 Å². The van der Waals surface area contributed by atoms with E-state index in [1.54, 1.807) is 11.3 Å². The van der Waals surface area contributed by atoms with Gasteiger partial charge in [0.05, 0.1) is 6.42 Å². The summed E-state index contributed by atoms with van der Waals surface area (Å²) < 4.78 is 0. The second kappa shape index (κ2) is 6.95. The Hall–Kier alpha value is -1.81. The third-order valence-corrected chi connectivity index (χ3v) is 3.54. The van der Waals surface area contributed by atoms with Crippen molar-refractivity contribution in [3.63, 3.8) is 0 Å². The van der Waals surface area contributed by atoms with Crippen molar-refractivity contribution in [2.45, 2.75) is 19.8 Å². The summed E-state index contributed by atoms with van der Waals surface area (Å²) in [6.45, 7) is 3.09. The predicted molar refractivity (Wildman–Crippen MR) is 81.9 cm³/mol. The molecule has 1 amide bonds. The van der Waals surface area contributed by atoms with Gasteiger partial charge in [0, 0.05) is 22.8 Å². The molecule has 0 spiro atoms. The van der Waals surface area contributed by atoms with E-state index >= 15 is 0 Å². The molecular weight excluding hydrogens is 256 g/mol. The summed E-state index contributed by atoms with van der Waals surface area (Å²) in [5.74, 6) is 0.0247. The Morgan fingerprint density at radius 3 is 2.53 bits per heavy atom. The molecule has 3 nitrogen and oxygen atoms in total. The molecule has 0 unspecified atom stereocenters. The van der Waals surface area contributed by atoms with Crippen molar-refractivity contribution in [3.8, 4) is 0 Å². The first-order chi connectivity index (χ1) is 9.28. The van der Waals surface area contributed by atoms with Crippen LogP contribution in [0.5, 0.6) is 0 Å². The number of nitrogens with one attached hydrogen (secondary N) is 2. The number of hydrogen-bond acceptors (Lipinski definition) is 3. The molecule has 19 heavy (non-hydrogen) atoms. The maximum Gasteiger partial charge on any atom is 0.229 e. The Balaban J connectivity index is 1.86. The van der Waals surface area contributed by atoms with Crippen molar-refractivity contribution in [1.29, 1.82) is 0 Å². The van der Waals surface area contributed by atoms with E-state index in [0.717, 1.165) is 29.2 Å². The van der Waals surface area contributed by atoms with Gasteiger partial charge in [-0.25, -0.2) is 0 Å². The van der Waals surface area contributed by atoms with Gasteiger partial charge < -0.3 is 10.6 Å². The Labute approximate surface area is 117 Å². The third kappa shape index (κ3) is 4.41. The lowest BCUT2D eigenvalue weighted by atomic mass is 10.2. The molecule has 2 rings (SSSR count). The number of carbonyl (C=O) groups excluding carboxylic acids is 1. The molecule has 0 aliphatic rings. The van der Waals surface area contributed by atoms with Crippen LogP contribution in [0.25, 0.3) is 0 Å². The molecule has 0 atom stereocenters. The lowest BCUT2D eigenvalue weighted by Gasteiger charge is -2.07. The Kier molecular flexibility index (Phi) is 4.98. The zero-order valence-corrected chi connectivity index (χ0v) is 11.8. The molecule has 0 radical (unpaired) electrons. The summed E-state index contributed by atoms with van der Waals surface area (Å²) in [5.41, 5.74) is 1.92. The number of anilines is 2. The molecule has 0 fully saturated rings. The molecule has 1 aromatic heterocycles. The third-order valence-electron chi connectivity index (χ3n) is 2.66. The van der Waals surface area contributed by atoms with Crippen molar-refractivity contribution in [1.82, 2.24) is 0 Å². The molecular formula is C15H18N2OS. The average molecular weight is 274 g/mol. The summed E-state index contributed by atoms with van der Waals surface area (Å²) >= 11 is 1.60. The minimum Gasteiger partial charge on any atom is -0.385 e. The molecule has 2 aromatic rings. The number of thiophene rings is 1. The van der Waals surface area contributed by atoms with E-state index in [2.05, 4.69) is 17.6 Å². The summed E-state index contributed by atoms with van der Waals surface area (Å²) in [5, 5.41) is 8.19. The Morgan fingerprint density at radius 2 is 1.89 bits per heavy atom. The second-order valence-corrected chi connectivity index (χ2v) is 5.34. The first kappa shape index (κ1) is 13.6. The molecule has 0 saturated carbocycles. The molecule has 0 saturated heterocycles. The van der Waals surface area contributed by atoms with Crippen LogP contribution in [0.2, 0.25) is 0 Å². The smallest absolute Gasteiger partial charge is 0.229 e. The largest absolute Gasteiger partial charge is 0.385 e. The number of hydrogen-bond donors (Lipinski definition) is 2. The van der Waals surface area contributed by atoms with Crippen molar-refractivity contribution < 1.29 is 4.79 Å². The van der Waals surface area contributed by atoms with E-state index in [1.807, 2.05) is 41.8 Å². The van der Waals surface area contributed by atoms with Crippen LogP contribution in [0.4, 0.5) is 11.4 Å². The standard InChI is InChI=1S/C15H18N2OS/c1-2-9-16-12-5-7-13(8-6-12)17-15(18)11-14-4-3-10-19-14/h3-8,10,16H,2,9,11H2,1H3,(H,17,18). The lowest BCUT2D eigenvalue weighted by Crippen LogP contribution is -2.13. The van der Waals surface area contributed by atoms with Gasteiger partial charge in [0.1, 0.15) is 0 Å². The van der Waals surface area contributed by atoms with Crippen LogP contribution >= 0.6 is 11.3 Å². The topological polar surface area (TPSA) is 41.1 Å². The normalized spacial score (nSPS) is 10.2. The average Bonchev–Trinajstić information content (AvgIpc) is 2.90. The summed E-state index contributed by atoms with van der Waals surface area (Å²) in [6.07, 6.45) is 1.53. The number of benzene rings is 1. The van der Waals surface area contributed by atoms with E-state index in [4.69, 9.17) is 0 Å². The van der Waals surface area contributed by atoms with Gasteiger partial charge in [-0.2, -0.15) is 0 Å². The van der Waals surface area contributed by atoms with E-state index in [1.165, 1.54) is 0 Å². The Bertz CT molecular complexity index is 505. The number of carbonyl (C=O) groups is 1. The minimum atomic E-state index is 0.0247. The lowest BCUT2D eigenvalue weighted by molar-refractivity contribution is -0.115. The van der Waals surface area contributed by atoms with Crippen molar-refractivity contribution in [2.24, 2.45) is 0 Å². The highest BCUT2D eigenvalue weighted by molar-refractivity contribution is 7.10.